The lowest BCUT2D eigenvalue weighted by atomic mass is 9.97. The third-order valence-electron chi connectivity index (χ3n) is 5.71. The predicted molar refractivity (Wildman–Crippen MR) is 129 cm³/mol. The Morgan fingerprint density at radius 1 is 1.23 bits per heavy atom. The molecule has 2 saturated heterocycles. The molecule has 0 spiro atoms. The van der Waals surface area contributed by atoms with E-state index in [9.17, 15) is 4.79 Å². The normalized spacial score (nSPS) is 20.8. The van der Waals surface area contributed by atoms with Crippen LogP contribution in [-0.2, 0) is 11.8 Å². The molecule has 8 nitrogen and oxygen atoms in total. The van der Waals surface area contributed by atoms with Crippen molar-refractivity contribution in [2.24, 2.45) is 18.0 Å². The quantitative estimate of drug-likeness (QED) is 0.368. The van der Waals surface area contributed by atoms with Gasteiger partial charge in [-0.15, -0.1) is 24.0 Å². The van der Waals surface area contributed by atoms with Crippen molar-refractivity contribution in [1.29, 1.82) is 0 Å². The number of ether oxygens (including phenoxy) is 1. The Labute approximate surface area is 197 Å². The third-order valence-corrected chi connectivity index (χ3v) is 5.71. The predicted octanol–water partition coefficient (Wildman–Crippen LogP) is 3.05. The number of carbonyl (C=O) groups is 1. The number of carbonyl (C=O) groups excluding carboxylic acids is 1. The lowest BCUT2D eigenvalue weighted by Gasteiger charge is -2.34. The maximum absolute atomic E-state index is 12.2. The van der Waals surface area contributed by atoms with E-state index in [4.69, 9.17) is 4.74 Å². The van der Waals surface area contributed by atoms with E-state index in [1.807, 2.05) is 50.6 Å². The zero-order valence-electron chi connectivity index (χ0n) is 18.9. The van der Waals surface area contributed by atoms with Crippen LogP contribution in [0.25, 0.3) is 0 Å². The number of guanidine groups is 1. The van der Waals surface area contributed by atoms with Gasteiger partial charge in [0.1, 0.15) is 5.60 Å². The maximum atomic E-state index is 12.2. The number of piperidine rings is 1. The van der Waals surface area contributed by atoms with E-state index >= 15 is 0 Å². The van der Waals surface area contributed by atoms with Crippen molar-refractivity contribution >= 4 is 36.0 Å². The number of halogens is 1. The molecule has 1 unspecified atom stereocenters. The summed E-state index contributed by atoms with van der Waals surface area (Å²) in [7, 11) is 3.82. The minimum absolute atomic E-state index is 0. The van der Waals surface area contributed by atoms with Crippen molar-refractivity contribution in [3.05, 3.63) is 18.0 Å². The minimum Gasteiger partial charge on any atom is -0.444 e. The van der Waals surface area contributed by atoms with Gasteiger partial charge in [-0.1, -0.05) is 0 Å². The highest BCUT2D eigenvalue weighted by atomic mass is 127. The van der Waals surface area contributed by atoms with E-state index in [0.29, 0.717) is 11.8 Å². The van der Waals surface area contributed by atoms with Gasteiger partial charge >= 0.3 is 6.09 Å². The summed E-state index contributed by atoms with van der Waals surface area (Å²) in [5.41, 5.74) is 0.866. The van der Waals surface area contributed by atoms with Gasteiger partial charge in [-0.3, -0.25) is 9.67 Å². The summed E-state index contributed by atoms with van der Waals surface area (Å²) in [6, 6.07) is 0. The summed E-state index contributed by atoms with van der Waals surface area (Å²) in [6.45, 7) is 10.1. The molecule has 1 aromatic heterocycles. The highest BCUT2D eigenvalue weighted by Crippen LogP contribution is 2.27. The van der Waals surface area contributed by atoms with Gasteiger partial charge in [0.15, 0.2) is 5.96 Å². The molecule has 0 saturated carbocycles. The molecule has 30 heavy (non-hydrogen) atoms. The molecule has 2 fully saturated rings. The van der Waals surface area contributed by atoms with Gasteiger partial charge in [0.2, 0.25) is 0 Å². The first-order valence-corrected chi connectivity index (χ1v) is 10.7. The molecule has 1 atom stereocenters. The number of hydrogen-bond donors (Lipinski definition) is 1. The molecule has 1 aromatic rings. The van der Waals surface area contributed by atoms with Crippen LogP contribution in [0.5, 0.6) is 0 Å². The third kappa shape index (κ3) is 6.75. The lowest BCUT2D eigenvalue weighted by Crippen LogP contribution is -2.46. The Kier molecular flexibility index (Phi) is 8.81. The van der Waals surface area contributed by atoms with Crippen LogP contribution in [0.3, 0.4) is 0 Å². The zero-order chi connectivity index (χ0) is 21.0. The molecular weight excluding hydrogens is 495 g/mol. The summed E-state index contributed by atoms with van der Waals surface area (Å²) in [4.78, 5) is 20.9. The highest BCUT2D eigenvalue weighted by molar-refractivity contribution is 14.0. The number of nitrogens with zero attached hydrogens (tertiary/aromatic N) is 5. The van der Waals surface area contributed by atoms with Gasteiger partial charge in [0.05, 0.1) is 6.20 Å². The van der Waals surface area contributed by atoms with Gasteiger partial charge in [-0.2, -0.15) is 5.10 Å². The first kappa shape index (κ1) is 24.7. The molecule has 9 heteroatoms. The number of nitrogens with one attached hydrogen (secondary N) is 1. The Hall–Kier alpha value is -1.52. The van der Waals surface area contributed by atoms with Gasteiger partial charge in [-0.25, -0.2) is 4.79 Å². The van der Waals surface area contributed by atoms with Crippen molar-refractivity contribution in [2.45, 2.75) is 51.6 Å². The summed E-state index contributed by atoms with van der Waals surface area (Å²) >= 11 is 0. The highest BCUT2D eigenvalue weighted by Gasteiger charge is 2.29. The fraction of sp³-hybridized carbons (Fsp3) is 0.762. The number of rotatable bonds is 3. The first-order valence-electron chi connectivity index (χ1n) is 10.7. The number of likely N-dealkylation sites (tertiary alicyclic amines) is 2. The molecule has 3 heterocycles. The minimum atomic E-state index is -0.439. The summed E-state index contributed by atoms with van der Waals surface area (Å²) in [6.07, 6.45) is 6.99. The molecule has 0 aliphatic carbocycles. The van der Waals surface area contributed by atoms with Crippen LogP contribution in [0.15, 0.2) is 17.4 Å². The standard InChI is InChI=1S/C21H36N6O2.HI/c1-21(2,3)29-20(28)26-9-6-16(7-10-26)12-23-19(22-4)27-11-8-17(15-27)18-13-24-25(5)14-18;/h13-14,16-17H,6-12,15H2,1-5H3,(H,22,23);1H. The fourth-order valence-electron chi connectivity index (χ4n) is 4.09. The monoisotopic (exact) mass is 532 g/mol. The average molecular weight is 532 g/mol. The van der Waals surface area contributed by atoms with Crippen LogP contribution in [0, 0.1) is 5.92 Å². The number of aliphatic imine (C=N–C) groups is 1. The van der Waals surface area contributed by atoms with Crippen LogP contribution in [0.1, 0.15) is 51.5 Å². The van der Waals surface area contributed by atoms with Gasteiger partial charge < -0.3 is 19.9 Å². The molecule has 1 amide bonds. The maximum Gasteiger partial charge on any atom is 0.410 e. The molecule has 0 aromatic carbocycles. The van der Waals surface area contributed by atoms with E-state index in [1.165, 1.54) is 5.56 Å². The van der Waals surface area contributed by atoms with Crippen LogP contribution in [0.2, 0.25) is 0 Å². The summed E-state index contributed by atoms with van der Waals surface area (Å²) in [5, 5.41) is 7.86. The van der Waals surface area contributed by atoms with E-state index in [1.54, 1.807) is 0 Å². The molecule has 2 aliphatic heterocycles. The number of aromatic nitrogens is 2. The van der Waals surface area contributed by atoms with Crippen molar-refractivity contribution in [3.63, 3.8) is 0 Å². The fourth-order valence-corrected chi connectivity index (χ4v) is 4.09. The second kappa shape index (κ2) is 10.7. The smallest absolute Gasteiger partial charge is 0.410 e. The first-order chi connectivity index (χ1) is 13.7. The van der Waals surface area contributed by atoms with Gasteiger partial charge in [-0.05, 0) is 51.5 Å². The van der Waals surface area contributed by atoms with Gasteiger partial charge in [0.25, 0.3) is 0 Å². The van der Waals surface area contributed by atoms with Crippen molar-refractivity contribution in [2.75, 3.05) is 39.8 Å². The topological polar surface area (TPSA) is 75.0 Å². The van der Waals surface area contributed by atoms with E-state index in [2.05, 4.69) is 26.5 Å². The average Bonchev–Trinajstić information content (AvgIpc) is 3.30. The Bertz CT molecular complexity index is 721. The summed E-state index contributed by atoms with van der Waals surface area (Å²) < 4.78 is 7.35. The van der Waals surface area contributed by atoms with Crippen molar-refractivity contribution in [1.82, 2.24) is 24.9 Å². The Morgan fingerprint density at radius 2 is 1.90 bits per heavy atom. The van der Waals surface area contributed by atoms with Crippen LogP contribution < -0.4 is 5.32 Å². The SMILES string of the molecule is CN=C(NCC1CCN(C(=O)OC(C)(C)C)CC1)N1CCC(c2cnn(C)c2)C1.I. The number of hydrogen-bond acceptors (Lipinski definition) is 4. The molecule has 0 radical (unpaired) electrons. The molecule has 1 N–H and O–H groups in total. The second-order valence-corrected chi connectivity index (χ2v) is 9.22. The van der Waals surface area contributed by atoms with Crippen LogP contribution >= 0.6 is 24.0 Å². The molecule has 3 rings (SSSR count). The van der Waals surface area contributed by atoms with E-state index < -0.39 is 5.60 Å². The van der Waals surface area contributed by atoms with Crippen molar-refractivity contribution in [3.8, 4) is 0 Å². The Morgan fingerprint density at radius 3 is 2.47 bits per heavy atom. The second-order valence-electron chi connectivity index (χ2n) is 9.22. The lowest BCUT2D eigenvalue weighted by molar-refractivity contribution is 0.0185. The van der Waals surface area contributed by atoms with Crippen molar-refractivity contribution < 1.29 is 9.53 Å². The summed E-state index contributed by atoms with van der Waals surface area (Å²) in [5.74, 6) is 2.03. The van der Waals surface area contributed by atoms with Crippen LogP contribution in [0.4, 0.5) is 4.79 Å². The molecular formula is C21H37IN6O2. The zero-order valence-corrected chi connectivity index (χ0v) is 21.3. The van der Waals surface area contributed by atoms with Gasteiger partial charge in [0, 0.05) is 58.9 Å². The molecule has 170 valence electrons. The largest absolute Gasteiger partial charge is 0.444 e. The van der Waals surface area contributed by atoms with E-state index in [0.717, 1.165) is 57.9 Å². The van der Waals surface area contributed by atoms with Crippen LogP contribution in [-0.4, -0.2) is 77.0 Å². The number of aryl methyl sites for hydroxylation is 1. The molecule has 2 aliphatic rings. The Balaban J connectivity index is 0.00000320. The molecule has 0 bridgehead atoms. The number of amides is 1. The van der Waals surface area contributed by atoms with E-state index in [-0.39, 0.29) is 30.1 Å².